The number of halogens is 1. The van der Waals surface area contributed by atoms with Crippen molar-refractivity contribution in [1.29, 1.82) is 0 Å². The molecule has 1 aromatic carbocycles. The van der Waals surface area contributed by atoms with Gasteiger partial charge in [0.25, 0.3) is 0 Å². The van der Waals surface area contributed by atoms with Gasteiger partial charge in [-0.1, -0.05) is 17.7 Å². The number of hydrogen-bond acceptors (Lipinski definition) is 3. The molecule has 0 aliphatic carbocycles. The predicted molar refractivity (Wildman–Crippen MR) is 81.1 cm³/mol. The van der Waals surface area contributed by atoms with E-state index in [1.807, 2.05) is 12.1 Å². The second-order valence-corrected chi connectivity index (χ2v) is 5.69. The number of piperidine rings is 1. The van der Waals surface area contributed by atoms with Crippen LogP contribution in [0.2, 0.25) is 5.02 Å². The molecular weight excluding hydrogens is 276 g/mol. The maximum Gasteiger partial charge on any atom is 0.238 e. The van der Waals surface area contributed by atoms with Crippen molar-refractivity contribution < 1.29 is 9.53 Å². The highest BCUT2D eigenvalue weighted by Crippen LogP contribution is 2.17. The van der Waals surface area contributed by atoms with Crippen molar-refractivity contribution in [2.45, 2.75) is 12.8 Å². The van der Waals surface area contributed by atoms with E-state index in [2.05, 4.69) is 10.2 Å². The molecule has 4 nitrogen and oxygen atoms in total. The van der Waals surface area contributed by atoms with Crippen LogP contribution in [-0.4, -0.2) is 44.2 Å². The van der Waals surface area contributed by atoms with Crippen molar-refractivity contribution in [3.05, 3.63) is 29.3 Å². The summed E-state index contributed by atoms with van der Waals surface area (Å²) in [5.41, 5.74) is 0.743. The number of carbonyl (C=O) groups excluding carboxylic acids is 1. The summed E-state index contributed by atoms with van der Waals surface area (Å²) >= 11 is 5.90. The Morgan fingerprint density at radius 2 is 2.40 bits per heavy atom. The third kappa shape index (κ3) is 4.78. The summed E-state index contributed by atoms with van der Waals surface area (Å²) in [6, 6.07) is 7.21. The van der Waals surface area contributed by atoms with Gasteiger partial charge in [-0.05, 0) is 43.5 Å². The van der Waals surface area contributed by atoms with E-state index in [0.717, 1.165) is 31.8 Å². The third-order valence-electron chi connectivity index (χ3n) is 3.48. The Morgan fingerprint density at radius 1 is 1.55 bits per heavy atom. The third-order valence-corrected chi connectivity index (χ3v) is 3.72. The maximum absolute atomic E-state index is 12.0. The molecule has 1 aliphatic rings. The first-order chi connectivity index (χ1) is 9.67. The number of nitrogens with one attached hydrogen (secondary N) is 1. The van der Waals surface area contributed by atoms with Crippen LogP contribution in [0.4, 0.5) is 5.69 Å². The molecule has 1 amide bonds. The molecule has 20 heavy (non-hydrogen) atoms. The Hall–Kier alpha value is -1.10. The molecular formula is C15H21ClN2O2. The minimum absolute atomic E-state index is 0.00494. The van der Waals surface area contributed by atoms with E-state index in [-0.39, 0.29) is 5.91 Å². The molecule has 1 aromatic rings. The Morgan fingerprint density at radius 3 is 3.15 bits per heavy atom. The molecule has 0 spiro atoms. The van der Waals surface area contributed by atoms with Crippen molar-refractivity contribution in [2.24, 2.45) is 5.92 Å². The van der Waals surface area contributed by atoms with Gasteiger partial charge in [0.05, 0.1) is 13.2 Å². The molecule has 5 heteroatoms. The number of nitrogens with zero attached hydrogens (tertiary/aromatic N) is 1. The van der Waals surface area contributed by atoms with Gasteiger partial charge in [-0.3, -0.25) is 9.69 Å². The molecule has 0 unspecified atom stereocenters. The number of methoxy groups -OCH3 is 1. The van der Waals surface area contributed by atoms with Gasteiger partial charge >= 0.3 is 0 Å². The van der Waals surface area contributed by atoms with E-state index in [1.54, 1.807) is 19.2 Å². The summed E-state index contributed by atoms with van der Waals surface area (Å²) < 4.78 is 5.20. The second kappa shape index (κ2) is 7.62. The average molecular weight is 297 g/mol. The van der Waals surface area contributed by atoms with Crippen molar-refractivity contribution in [3.63, 3.8) is 0 Å². The first-order valence-corrected chi connectivity index (χ1v) is 7.32. The quantitative estimate of drug-likeness (QED) is 0.908. The molecule has 1 heterocycles. The van der Waals surface area contributed by atoms with Gasteiger partial charge in [-0.2, -0.15) is 0 Å². The van der Waals surface area contributed by atoms with Crippen molar-refractivity contribution in [2.75, 3.05) is 38.7 Å². The molecule has 1 saturated heterocycles. The molecule has 0 radical (unpaired) electrons. The average Bonchev–Trinajstić information content (AvgIpc) is 2.39. The van der Waals surface area contributed by atoms with Crippen LogP contribution in [0.3, 0.4) is 0 Å². The van der Waals surface area contributed by atoms with Crippen LogP contribution < -0.4 is 5.32 Å². The molecule has 110 valence electrons. The van der Waals surface area contributed by atoms with Crippen LogP contribution in [0.25, 0.3) is 0 Å². The lowest BCUT2D eigenvalue weighted by molar-refractivity contribution is -0.117. The van der Waals surface area contributed by atoms with Crippen molar-refractivity contribution in [3.8, 4) is 0 Å². The molecule has 0 aromatic heterocycles. The van der Waals surface area contributed by atoms with Gasteiger partial charge in [0.15, 0.2) is 0 Å². The van der Waals surface area contributed by atoms with Gasteiger partial charge in [-0.25, -0.2) is 0 Å². The molecule has 0 saturated carbocycles. The van der Waals surface area contributed by atoms with Crippen LogP contribution in [-0.2, 0) is 9.53 Å². The standard InChI is InChI=1S/C15H21ClN2O2/c1-20-11-12-4-3-7-18(9-12)10-15(19)17-14-6-2-5-13(16)8-14/h2,5-6,8,12H,3-4,7,9-11H2,1H3,(H,17,19)/t12-/m1/s1. The smallest absolute Gasteiger partial charge is 0.238 e. The van der Waals surface area contributed by atoms with Gasteiger partial charge in [0.1, 0.15) is 0 Å². The molecule has 2 rings (SSSR count). The molecule has 1 N–H and O–H groups in total. The monoisotopic (exact) mass is 296 g/mol. The fourth-order valence-corrected chi connectivity index (χ4v) is 2.83. The van der Waals surface area contributed by atoms with E-state index in [9.17, 15) is 4.79 Å². The lowest BCUT2D eigenvalue weighted by Crippen LogP contribution is -2.41. The van der Waals surface area contributed by atoms with Crippen LogP contribution in [0, 0.1) is 5.92 Å². The van der Waals surface area contributed by atoms with Crippen LogP contribution in [0.15, 0.2) is 24.3 Å². The number of ether oxygens (including phenoxy) is 1. The Bertz CT molecular complexity index is 451. The number of hydrogen-bond donors (Lipinski definition) is 1. The van der Waals surface area contributed by atoms with E-state index >= 15 is 0 Å². The number of rotatable bonds is 5. The zero-order valence-electron chi connectivity index (χ0n) is 11.8. The summed E-state index contributed by atoms with van der Waals surface area (Å²) in [4.78, 5) is 14.2. The second-order valence-electron chi connectivity index (χ2n) is 5.26. The van der Waals surface area contributed by atoms with Gasteiger partial charge in [-0.15, -0.1) is 0 Å². The Balaban J connectivity index is 1.82. The number of carbonyl (C=O) groups is 1. The van der Waals surface area contributed by atoms with Gasteiger partial charge in [0.2, 0.25) is 5.91 Å². The number of likely N-dealkylation sites (tertiary alicyclic amines) is 1. The predicted octanol–water partition coefficient (Wildman–Crippen LogP) is 2.64. The van der Waals surface area contributed by atoms with E-state index < -0.39 is 0 Å². The number of benzene rings is 1. The van der Waals surface area contributed by atoms with Gasteiger partial charge < -0.3 is 10.1 Å². The number of anilines is 1. The first-order valence-electron chi connectivity index (χ1n) is 6.94. The largest absolute Gasteiger partial charge is 0.384 e. The highest BCUT2D eigenvalue weighted by atomic mass is 35.5. The topological polar surface area (TPSA) is 41.6 Å². The van der Waals surface area contributed by atoms with E-state index in [0.29, 0.717) is 17.5 Å². The number of amides is 1. The van der Waals surface area contributed by atoms with Crippen LogP contribution in [0.5, 0.6) is 0 Å². The van der Waals surface area contributed by atoms with Crippen molar-refractivity contribution >= 4 is 23.2 Å². The Labute approximate surface area is 125 Å². The van der Waals surface area contributed by atoms with Gasteiger partial charge in [0, 0.05) is 24.4 Å². The normalized spacial score (nSPS) is 19.8. The summed E-state index contributed by atoms with van der Waals surface area (Å²) in [7, 11) is 1.73. The fourth-order valence-electron chi connectivity index (χ4n) is 2.64. The SMILES string of the molecule is COC[C@@H]1CCCN(CC(=O)Nc2cccc(Cl)c2)C1. The lowest BCUT2D eigenvalue weighted by atomic mass is 9.99. The zero-order chi connectivity index (χ0) is 14.4. The fraction of sp³-hybridized carbons (Fsp3) is 0.533. The summed E-state index contributed by atoms with van der Waals surface area (Å²) in [5, 5.41) is 3.51. The molecule has 1 atom stereocenters. The summed E-state index contributed by atoms with van der Waals surface area (Å²) in [5.74, 6) is 0.540. The van der Waals surface area contributed by atoms with Crippen LogP contribution in [0.1, 0.15) is 12.8 Å². The molecule has 1 fully saturated rings. The van der Waals surface area contributed by atoms with E-state index in [4.69, 9.17) is 16.3 Å². The highest BCUT2D eigenvalue weighted by molar-refractivity contribution is 6.30. The summed E-state index contributed by atoms with van der Waals surface area (Å²) in [6.07, 6.45) is 2.30. The minimum Gasteiger partial charge on any atom is -0.384 e. The lowest BCUT2D eigenvalue weighted by Gasteiger charge is -2.31. The highest BCUT2D eigenvalue weighted by Gasteiger charge is 2.21. The zero-order valence-corrected chi connectivity index (χ0v) is 12.5. The Kier molecular flexibility index (Phi) is 5.83. The minimum atomic E-state index is 0.00494. The summed E-state index contributed by atoms with van der Waals surface area (Å²) in [6.45, 7) is 3.10. The maximum atomic E-state index is 12.0. The molecule has 0 bridgehead atoms. The molecule has 1 aliphatic heterocycles. The van der Waals surface area contributed by atoms with E-state index in [1.165, 1.54) is 6.42 Å². The van der Waals surface area contributed by atoms with Crippen LogP contribution >= 0.6 is 11.6 Å². The van der Waals surface area contributed by atoms with Crippen molar-refractivity contribution in [1.82, 2.24) is 4.90 Å². The first kappa shape index (κ1) is 15.3.